The summed E-state index contributed by atoms with van der Waals surface area (Å²) >= 11 is 0. The number of hydrogen-bond donors (Lipinski definition) is 1. The van der Waals surface area contributed by atoms with E-state index < -0.39 is 0 Å². The van der Waals surface area contributed by atoms with E-state index in [1.165, 1.54) is 0 Å². The van der Waals surface area contributed by atoms with Gasteiger partial charge in [-0.1, -0.05) is 0 Å². The Morgan fingerprint density at radius 2 is 2.31 bits per heavy atom. The van der Waals surface area contributed by atoms with Gasteiger partial charge in [0.25, 0.3) is 0 Å². The van der Waals surface area contributed by atoms with E-state index in [-0.39, 0.29) is 11.9 Å². The molecule has 2 N–H and O–H groups in total. The van der Waals surface area contributed by atoms with Crippen molar-refractivity contribution in [1.29, 1.82) is 0 Å². The SMILES string of the molecule is COC1CCN(C(CN)CC(=O)N(C)C)C1. The van der Waals surface area contributed by atoms with E-state index in [0.29, 0.717) is 19.1 Å². The fourth-order valence-corrected chi connectivity index (χ4v) is 2.02. The van der Waals surface area contributed by atoms with E-state index in [1.54, 1.807) is 26.1 Å². The van der Waals surface area contributed by atoms with Gasteiger partial charge in [-0.3, -0.25) is 9.69 Å². The fraction of sp³-hybridized carbons (Fsp3) is 0.909. The third-order valence-corrected chi connectivity index (χ3v) is 3.21. The molecule has 1 saturated heterocycles. The van der Waals surface area contributed by atoms with Crippen LogP contribution < -0.4 is 5.73 Å². The summed E-state index contributed by atoms with van der Waals surface area (Å²) in [4.78, 5) is 15.5. The van der Waals surface area contributed by atoms with Gasteiger partial charge in [-0.05, 0) is 6.42 Å². The smallest absolute Gasteiger partial charge is 0.223 e. The molecule has 16 heavy (non-hydrogen) atoms. The molecule has 2 unspecified atom stereocenters. The Morgan fingerprint density at radius 3 is 2.75 bits per heavy atom. The average Bonchev–Trinajstić information content (AvgIpc) is 2.73. The first-order valence-corrected chi connectivity index (χ1v) is 5.75. The van der Waals surface area contributed by atoms with E-state index in [2.05, 4.69) is 4.90 Å². The molecule has 1 amide bonds. The largest absolute Gasteiger partial charge is 0.380 e. The number of carbonyl (C=O) groups excluding carboxylic acids is 1. The molecule has 1 rings (SSSR count). The number of nitrogens with zero attached hydrogens (tertiary/aromatic N) is 2. The number of likely N-dealkylation sites (tertiary alicyclic amines) is 1. The Labute approximate surface area is 97.5 Å². The number of rotatable bonds is 5. The molecule has 1 heterocycles. The Morgan fingerprint density at radius 1 is 1.62 bits per heavy atom. The summed E-state index contributed by atoms with van der Waals surface area (Å²) in [6.07, 6.45) is 1.83. The van der Waals surface area contributed by atoms with Crippen LogP contribution >= 0.6 is 0 Å². The Balaban J connectivity index is 2.45. The Hall–Kier alpha value is -0.650. The highest BCUT2D eigenvalue weighted by Crippen LogP contribution is 2.16. The second-order valence-electron chi connectivity index (χ2n) is 4.52. The number of nitrogens with two attached hydrogens (primary N) is 1. The highest BCUT2D eigenvalue weighted by molar-refractivity contribution is 5.76. The molecule has 1 aliphatic rings. The summed E-state index contributed by atoms with van der Waals surface area (Å²) in [5.41, 5.74) is 5.73. The first-order valence-electron chi connectivity index (χ1n) is 5.75. The number of carbonyl (C=O) groups is 1. The van der Waals surface area contributed by atoms with Gasteiger partial charge >= 0.3 is 0 Å². The van der Waals surface area contributed by atoms with Crippen molar-refractivity contribution in [1.82, 2.24) is 9.80 Å². The molecular formula is C11H23N3O2. The van der Waals surface area contributed by atoms with Gasteiger partial charge in [-0.15, -0.1) is 0 Å². The molecule has 0 aromatic heterocycles. The molecule has 1 aliphatic heterocycles. The maximum Gasteiger partial charge on any atom is 0.223 e. The lowest BCUT2D eigenvalue weighted by molar-refractivity contribution is -0.129. The van der Waals surface area contributed by atoms with Gasteiger partial charge in [0.05, 0.1) is 6.10 Å². The van der Waals surface area contributed by atoms with Crippen LogP contribution in [0.25, 0.3) is 0 Å². The molecule has 0 saturated carbocycles. The van der Waals surface area contributed by atoms with E-state index in [0.717, 1.165) is 19.5 Å². The van der Waals surface area contributed by atoms with Crippen LogP contribution in [0.4, 0.5) is 0 Å². The van der Waals surface area contributed by atoms with Crippen LogP contribution in [-0.4, -0.2) is 68.7 Å². The molecule has 2 atom stereocenters. The van der Waals surface area contributed by atoms with Crippen LogP contribution in [0.2, 0.25) is 0 Å². The minimum absolute atomic E-state index is 0.135. The Kier molecular flexibility index (Phi) is 5.18. The van der Waals surface area contributed by atoms with Gasteiger partial charge < -0.3 is 15.4 Å². The molecule has 94 valence electrons. The molecule has 0 spiro atoms. The van der Waals surface area contributed by atoms with Gasteiger partial charge in [0.1, 0.15) is 0 Å². The predicted molar refractivity (Wildman–Crippen MR) is 63.1 cm³/mol. The van der Waals surface area contributed by atoms with Crippen molar-refractivity contribution in [3.05, 3.63) is 0 Å². The molecular weight excluding hydrogens is 206 g/mol. The topological polar surface area (TPSA) is 58.8 Å². The summed E-state index contributed by atoms with van der Waals surface area (Å²) in [7, 11) is 5.28. The molecule has 0 aliphatic carbocycles. The molecule has 5 heteroatoms. The zero-order chi connectivity index (χ0) is 12.1. The van der Waals surface area contributed by atoms with Crippen molar-refractivity contribution in [3.8, 4) is 0 Å². The predicted octanol–water partition coefficient (Wildman–Crippen LogP) is -0.487. The first kappa shape index (κ1) is 13.4. The van der Waals surface area contributed by atoms with Crippen LogP contribution in [0.1, 0.15) is 12.8 Å². The lowest BCUT2D eigenvalue weighted by Crippen LogP contribution is -2.43. The highest BCUT2D eigenvalue weighted by atomic mass is 16.5. The quantitative estimate of drug-likeness (QED) is 0.691. The summed E-state index contributed by atoms with van der Waals surface area (Å²) in [6, 6.07) is 0.148. The summed E-state index contributed by atoms with van der Waals surface area (Å²) in [5.74, 6) is 0.135. The second kappa shape index (κ2) is 6.18. The maximum atomic E-state index is 11.6. The van der Waals surface area contributed by atoms with Crippen molar-refractivity contribution in [3.63, 3.8) is 0 Å². The van der Waals surface area contributed by atoms with Crippen LogP contribution in [0.15, 0.2) is 0 Å². The van der Waals surface area contributed by atoms with Crippen LogP contribution in [-0.2, 0) is 9.53 Å². The van der Waals surface area contributed by atoms with E-state index in [4.69, 9.17) is 10.5 Å². The lowest BCUT2D eigenvalue weighted by Gasteiger charge is -2.27. The van der Waals surface area contributed by atoms with Crippen molar-refractivity contribution in [2.45, 2.75) is 25.0 Å². The molecule has 1 fully saturated rings. The van der Waals surface area contributed by atoms with Crippen molar-refractivity contribution < 1.29 is 9.53 Å². The van der Waals surface area contributed by atoms with E-state index in [1.807, 2.05) is 0 Å². The van der Waals surface area contributed by atoms with Crippen molar-refractivity contribution in [2.24, 2.45) is 5.73 Å². The molecule has 0 bridgehead atoms. The highest BCUT2D eigenvalue weighted by Gasteiger charge is 2.28. The van der Waals surface area contributed by atoms with E-state index in [9.17, 15) is 4.79 Å². The summed E-state index contributed by atoms with van der Waals surface area (Å²) in [5, 5.41) is 0. The fourth-order valence-electron chi connectivity index (χ4n) is 2.02. The monoisotopic (exact) mass is 229 g/mol. The normalized spacial score (nSPS) is 23.4. The minimum Gasteiger partial charge on any atom is -0.380 e. The zero-order valence-electron chi connectivity index (χ0n) is 10.5. The number of amides is 1. The summed E-state index contributed by atoms with van der Waals surface area (Å²) < 4.78 is 5.31. The standard InChI is InChI=1S/C11H23N3O2/c1-13(2)11(15)6-9(7-12)14-5-4-10(8-14)16-3/h9-10H,4-8,12H2,1-3H3. The van der Waals surface area contributed by atoms with Crippen molar-refractivity contribution >= 4 is 5.91 Å². The first-order chi connectivity index (χ1) is 7.58. The minimum atomic E-state index is 0.135. The van der Waals surface area contributed by atoms with E-state index >= 15 is 0 Å². The van der Waals surface area contributed by atoms with Gasteiger partial charge in [0.2, 0.25) is 5.91 Å². The molecule has 0 aromatic carbocycles. The summed E-state index contributed by atoms with van der Waals surface area (Å²) in [6.45, 7) is 2.39. The average molecular weight is 229 g/mol. The lowest BCUT2D eigenvalue weighted by atomic mass is 10.1. The third-order valence-electron chi connectivity index (χ3n) is 3.21. The zero-order valence-corrected chi connectivity index (χ0v) is 10.5. The third kappa shape index (κ3) is 3.43. The second-order valence-corrected chi connectivity index (χ2v) is 4.52. The molecule has 0 aromatic rings. The molecule has 0 radical (unpaired) electrons. The maximum absolute atomic E-state index is 11.6. The Bertz CT molecular complexity index is 233. The number of hydrogen-bond acceptors (Lipinski definition) is 4. The number of methoxy groups -OCH3 is 1. The van der Waals surface area contributed by atoms with Gasteiger partial charge in [-0.2, -0.15) is 0 Å². The molecule has 5 nitrogen and oxygen atoms in total. The van der Waals surface area contributed by atoms with Crippen molar-refractivity contribution in [2.75, 3.05) is 40.8 Å². The van der Waals surface area contributed by atoms with Crippen LogP contribution in [0.5, 0.6) is 0 Å². The van der Waals surface area contributed by atoms with Crippen LogP contribution in [0.3, 0.4) is 0 Å². The van der Waals surface area contributed by atoms with Gasteiger partial charge in [-0.25, -0.2) is 0 Å². The van der Waals surface area contributed by atoms with Gasteiger partial charge in [0, 0.05) is 53.3 Å². The van der Waals surface area contributed by atoms with Crippen LogP contribution in [0, 0.1) is 0 Å². The van der Waals surface area contributed by atoms with Gasteiger partial charge in [0.15, 0.2) is 0 Å². The number of ether oxygens (including phenoxy) is 1.